The van der Waals surface area contributed by atoms with Crippen LogP contribution in [0.2, 0.25) is 0 Å². The summed E-state index contributed by atoms with van der Waals surface area (Å²) in [6.07, 6.45) is 2.18. The Morgan fingerprint density at radius 1 is 1.00 bits per heavy atom. The van der Waals surface area contributed by atoms with Gasteiger partial charge in [0, 0.05) is 12.8 Å². The molecule has 1 heterocycles. The Balaban J connectivity index is 0.000000396. The maximum absolute atomic E-state index is 12.5. The van der Waals surface area contributed by atoms with E-state index >= 15 is 0 Å². The van der Waals surface area contributed by atoms with E-state index in [0.29, 0.717) is 0 Å². The summed E-state index contributed by atoms with van der Waals surface area (Å²) >= 11 is 0. The molecule has 1 aliphatic heterocycles. The second kappa shape index (κ2) is 3.91. The molecule has 2 fully saturated rings. The SMILES string of the molecule is CC.FC1(F)CC2(CCNCC2)C1. The first kappa shape index (κ1) is 10.9. The molecule has 78 valence electrons. The van der Waals surface area contributed by atoms with Gasteiger partial charge in [0.1, 0.15) is 0 Å². The van der Waals surface area contributed by atoms with Crippen LogP contribution >= 0.6 is 0 Å². The molecule has 0 unspecified atom stereocenters. The fourth-order valence-corrected chi connectivity index (χ4v) is 2.36. The molecule has 1 N–H and O–H groups in total. The van der Waals surface area contributed by atoms with Crippen molar-refractivity contribution < 1.29 is 8.78 Å². The molecule has 13 heavy (non-hydrogen) atoms. The highest BCUT2D eigenvalue weighted by Crippen LogP contribution is 2.56. The zero-order valence-electron chi connectivity index (χ0n) is 8.50. The normalized spacial score (nSPS) is 28.6. The molecule has 1 saturated heterocycles. The third kappa shape index (κ3) is 2.39. The Hall–Kier alpha value is -0.180. The third-order valence-electron chi connectivity index (χ3n) is 2.93. The maximum atomic E-state index is 12.5. The van der Waals surface area contributed by atoms with Crippen LogP contribution < -0.4 is 5.32 Å². The van der Waals surface area contributed by atoms with Crippen LogP contribution in [0.5, 0.6) is 0 Å². The van der Waals surface area contributed by atoms with E-state index in [1.807, 2.05) is 13.8 Å². The summed E-state index contributed by atoms with van der Waals surface area (Å²) in [6.45, 7) is 5.85. The molecule has 0 aromatic carbocycles. The van der Waals surface area contributed by atoms with Gasteiger partial charge in [-0.2, -0.15) is 0 Å². The number of hydrogen-bond acceptors (Lipinski definition) is 1. The topological polar surface area (TPSA) is 12.0 Å². The molecule has 2 aliphatic rings. The Labute approximate surface area is 78.9 Å². The van der Waals surface area contributed by atoms with E-state index in [-0.39, 0.29) is 18.3 Å². The number of nitrogens with one attached hydrogen (secondary N) is 1. The highest BCUT2D eigenvalue weighted by atomic mass is 19.3. The van der Waals surface area contributed by atoms with Crippen LogP contribution in [-0.2, 0) is 0 Å². The van der Waals surface area contributed by atoms with Crippen molar-refractivity contribution in [1.29, 1.82) is 0 Å². The van der Waals surface area contributed by atoms with Gasteiger partial charge in [-0.1, -0.05) is 13.8 Å². The van der Waals surface area contributed by atoms with E-state index < -0.39 is 5.92 Å². The van der Waals surface area contributed by atoms with Crippen LogP contribution in [-0.4, -0.2) is 19.0 Å². The summed E-state index contributed by atoms with van der Waals surface area (Å²) in [4.78, 5) is 0. The van der Waals surface area contributed by atoms with E-state index in [2.05, 4.69) is 5.32 Å². The number of alkyl halides is 2. The van der Waals surface area contributed by atoms with Crippen LogP contribution in [0.1, 0.15) is 39.5 Å². The van der Waals surface area contributed by atoms with Crippen molar-refractivity contribution in [2.45, 2.75) is 45.5 Å². The standard InChI is InChI=1S/C8H13F2N.C2H6/c9-8(10)5-7(6-8)1-3-11-4-2-7;1-2/h11H,1-6H2;1-2H3. The van der Waals surface area contributed by atoms with Crippen molar-refractivity contribution in [3.8, 4) is 0 Å². The molecular weight excluding hydrogens is 172 g/mol. The monoisotopic (exact) mass is 191 g/mol. The van der Waals surface area contributed by atoms with Crippen molar-refractivity contribution in [3.63, 3.8) is 0 Å². The fraction of sp³-hybridized carbons (Fsp3) is 1.00. The van der Waals surface area contributed by atoms with E-state index in [0.717, 1.165) is 25.9 Å². The molecule has 1 nitrogen and oxygen atoms in total. The zero-order valence-corrected chi connectivity index (χ0v) is 8.50. The quantitative estimate of drug-likeness (QED) is 0.621. The second-order valence-electron chi connectivity index (χ2n) is 3.96. The molecule has 1 spiro atoms. The third-order valence-corrected chi connectivity index (χ3v) is 2.93. The summed E-state index contributed by atoms with van der Waals surface area (Å²) in [5.74, 6) is -2.34. The smallest absolute Gasteiger partial charge is 0.249 e. The molecular formula is C10H19F2N. The number of halogens is 2. The predicted octanol–water partition coefficient (Wildman–Crippen LogP) is 2.81. The van der Waals surface area contributed by atoms with Gasteiger partial charge in [0.2, 0.25) is 5.92 Å². The fourth-order valence-electron chi connectivity index (χ4n) is 2.36. The summed E-state index contributed by atoms with van der Waals surface area (Å²) in [5, 5.41) is 3.19. The number of rotatable bonds is 0. The van der Waals surface area contributed by atoms with Crippen LogP contribution in [0, 0.1) is 5.41 Å². The molecule has 3 heteroatoms. The highest BCUT2D eigenvalue weighted by molar-refractivity contribution is 5.00. The Morgan fingerprint density at radius 2 is 1.46 bits per heavy atom. The van der Waals surface area contributed by atoms with Gasteiger partial charge >= 0.3 is 0 Å². The minimum Gasteiger partial charge on any atom is -0.317 e. The Morgan fingerprint density at radius 3 is 1.85 bits per heavy atom. The molecule has 0 bridgehead atoms. The molecule has 0 atom stereocenters. The van der Waals surface area contributed by atoms with Gasteiger partial charge in [-0.3, -0.25) is 0 Å². The van der Waals surface area contributed by atoms with Gasteiger partial charge in [0.05, 0.1) is 0 Å². The summed E-state index contributed by atoms with van der Waals surface area (Å²) in [7, 11) is 0. The second-order valence-corrected chi connectivity index (χ2v) is 3.96. The van der Waals surface area contributed by atoms with Gasteiger partial charge in [0.25, 0.3) is 0 Å². The van der Waals surface area contributed by atoms with Gasteiger partial charge in [0.15, 0.2) is 0 Å². The number of piperidine rings is 1. The number of hydrogen-bond donors (Lipinski definition) is 1. The van der Waals surface area contributed by atoms with E-state index in [9.17, 15) is 8.78 Å². The van der Waals surface area contributed by atoms with Gasteiger partial charge in [-0.25, -0.2) is 8.78 Å². The average Bonchev–Trinajstić information content (AvgIpc) is 2.06. The Kier molecular flexibility index (Phi) is 3.28. The largest absolute Gasteiger partial charge is 0.317 e. The molecule has 2 rings (SSSR count). The van der Waals surface area contributed by atoms with E-state index in [4.69, 9.17) is 0 Å². The average molecular weight is 191 g/mol. The van der Waals surface area contributed by atoms with E-state index in [1.165, 1.54) is 0 Å². The van der Waals surface area contributed by atoms with E-state index in [1.54, 1.807) is 0 Å². The van der Waals surface area contributed by atoms with Crippen LogP contribution in [0.15, 0.2) is 0 Å². The lowest BCUT2D eigenvalue weighted by Crippen LogP contribution is -2.51. The van der Waals surface area contributed by atoms with Crippen molar-refractivity contribution in [1.82, 2.24) is 5.32 Å². The highest BCUT2D eigenvalue weighted by Gasteiger charge is 2.55. The van der Waals surface area contributed by atoms with Crippen molar-refractivity contribution in [2.24, 2.45) is 5.41 Å². The van der Waals surface area contributed by atoms with Gasteiger partial charge in [-0.15, -0.1) is 0 Å². The summed E-state index contributed by atoms with van der Waals surface area (Å²) in [5.41, 5.74) is 0.0226. The van der Waals surface area contributed by atoms with Crippen molar-refractivity contribution in [2.75, 3.05) is 13.1 Å². The first-order chi connectivity index (χ1) is 6.12. The minimum atomic E-state index is -2.34. The molecule has 0 amide bonds. The molecule has 1 saturated carbocycles. The maximum Gasteiger partial charge on any atom is 0.249 e. The lowest BCUT2D eigenvalue weighted by molar-refractivity contribution is -0.170. The van der Waals surface area contributed by atoms with Crippen molar-refractivity contribution in [3.05, 3.63) is 0 Å². The lowest BCUT2D eigenvalue weighted by Gasteiger charge is -2.49. The van der Waals surface area contributed by atoms with Gasteiger partial charge < -0.3 is 5.32 Å². The van der Waals surface area contributed by atoms with Crippen LogP contribution in [0.25, 0.3) is 0 Å². The molecule has 1 aliphatic carbocycles. The predicted molar refractivity (Wildman–Crippen MR) is 50.1 cm³/mol. The zero-order chi connectivity index (χ0) is 9.95. The molecule has 0 radical (unpaired) electrons. The Bertz CT molecular complexity index is 152. The first-order valence-electron chi connectivity index (χ1n) is 5.21. The van der Waals surface area contributed by atoms with Crippen LogP contribution in [0.3, 0.4) is 0 Å². The minimum absolute atomic E-state index is 0.0226. The van der Waals surface area contributed by atoms with Gasteiger partial charge in [-0.05, 0) is 31.3 Å². The van der Waals surface area contributed by atoms with Crippen molar-refractivity contribution >= 4 is 0 Å². The van der Waals surface area contributed by atoms with Crippen LogP contribution in [0.4, 0.5) is 8.78 Å². The summed E-state index contributed by atoms with van der Waals surface area (Å²) in [6, 6.07) is 0. The summed E-state index contributed by atoms with van der Waals surface area (Å²) < 4.78 is 25.1. The molecule has 0 aromatic heterocycles. The molecule has 0 aromatic rings. The lowest BCUT2D eigenvalue weighted by atomic mass is 9.61. The first-order valence-corrected chi connectivity index (χ1v) is 5.21.